The molecule has 0 aliphatic carbocycles. The molecule has 0 saturated carbocycles. The molecule has 0 radical (unpaired) electrons. The van der Waals surface area contributed by atoms with E-state index in [0.717, 1.165) is 17.5 Å². The van der Waals surface area contributed by atoms with E-state index in [9.17, 15) is 4.39 Å². The smallest absolute Gasteiger partial charge is 0.126 e. The molecule has 0 amide bonds. The van der Waals surface area contributed by atoms with Gasteiger partial charge >= 0.3 is 0 Å². The summed E-state index contributed by atoms with van der Waals surface area (Å²) in [7, 11) is 0. The molecular weight excluding hydrogens is 239 g/mol. The third-order valence-corrected chi connectivity index (χ3v) is 3.43. The lowest BCUT2D eigenvalue weighted by molar-refractivity contribution is 0.606. The van der Waals surface area contributed by atoms with Gasteiger partial charge in [-0.3, -0.25) is 5.84 Å². The summed E-state index contributed by atoms with van der Waals surface area (Å²) in [6.07, 6.45) is 0.939. The highest BCUT2D eigenvalue weighted by molar-refractivity contribution is 5.38. The van der Waals surface area contributed by atoms with Crippen LogP contribution in [0, 0.1) is 12.7 Å². The van der Waals surface area contributed by atoms with Crippen LogP contribution in [0.4, 0.5) is 4.39 Å². The molecular formula is C16H19FN2. The molecule has 2 aromatic carbocycles. The second-order valence-electron chi connectivity index (χ2n) is 4.66. The molecule has 0 aliphatic rings. The van der Waals surface area contributed by atoms with Crippen molar-refractivity contribution in [1.82, 2.24) is 5.43 Å². The molecule has 0 fully saturated rings. The van der Waals surface area contributed by atoms with Crippen molar-refractivity contribution in [3.8, 4) is 0 Å². The van der Waals surface area contributed by atoms with Gasteiger partial charge in [-0.15, -0.1) is 0 Å². The third kappa shape index (κ3) is 2.83. The molecule has 0 saturated heterocycles. The van der Waals surface area contributed by atoms with Gasteiger partial charge in [0.2, 0.25) is 0 Å². The van der Waals surface area contributed by atoms with E-state index in [1.54, 1.807) is 13.0 Å². The number of hydrogen-bond acceptors (Lipinski definition) is 2. The van der Waals surface area contributed by atoms with E-state index in [-0.39, 0.29) is 11.9 Å². The minimum absolute atomic E-state index is 0.115. The van der Waals surface area contributed by atoms with Crippen molar-refractivity contribution >= 4 is 0 Å². The van der Waals surface area contributed by atoms with Gasteiger partial charge in [0.25, 0.3) is 0 Å². The SMILES string of the molecule is CCc1ccccc1C(NN)c1ccc(F)c(C)c1. The maximum absolute atomic E-state index is 13.4. The Hall–Kier alpha value is -1.71. The average Bonchev–Trinajstić information content (AvgIpc) is 2.44. The number of aryl methyl sites for hydroxylation is 2. The molecule has 1 unspecified atom stereocenters. The average molecular weight is 258 g/mol. The second kappa shape index (κ2) is 5.95. The standard InChI is InChI=1S/C16H19FN2/c1-3-12-6-4-5-7-14(12)16(19-18)13-8-9-15(17)11(2)10-13/h4-10,16,19H,3,18H2,1-2H3. The number of nitrogens with two attached hydrogens (primary N) is 1. The molecule has 0 bridgehead atoms. The molecule has 100 valence electrons. The lowest BCUT2D eigenvalue weighted by atomic mass is 9.93. The van der Waals surface area contributed by atoms with E-state index in [1.165, 1.54) is 11.6 Å². The Morgan fingerprint density at radius 1 is 1.21 bits per heavy atom. The first-order chi connectivity index (χ1) is 9.17. The third-order valence-electron chi connectivity index (χ3n) is 3.43. The summed E-state index contributed by atoms with van der Waals surface area (Å²) < 4.78 is 13.4. The maximum atomic E-state index is 13.4. The van der Waals surface area contributed by atoms with Crippen molar-refractivity contribution in [2.45, 2.75) is 26.3 Å². The number of halogens is 1. The molecule has 0 heterocycles. The molecule has 3 heteroatoms. The summed E-state index contributed by atoms with van der Waals surface area (Å²) in [4.78, 5) is 0. The molecule has 0 aromatic heterocycles. The van der Waals surface area contributed by atoms with Gasteiger partial charge in [-0.25, -0.2) is 9.82 Å². The van der Waals surface area contributed by atoms with Crippen LogP contribution < -0.4 is 11.3 Å². The van der Waals surface area contributed by atoms with Crippen LogP contribution in [0.25, 0.3) is 0 Å². The van der Waals surface area contributed by atoms with Crippen LogP contribution in [0.5, 0.6) is 0 Å². The van der Waals surface area contributed by atoms with Crippen LogP contribution in [0.1, 0.15) is 35.2 Å². The Bertz CT molecular complexity index is 566. The Morgan fingerprint density at radius 3 is 2.58 bits per heavy atom. The van der Waals surface area contributed by atoms with Crippen LogP contribution in [0.2, 0.25) is 0 Å². The number of benzene rings is 2. The number of hydrazine groups is 1. The molecule has 2 aromatic rings. The van der Waals surface area contributed by atoms with Crippen molar-refractivity contribution in [2.75, 3.05) is 0 Å². The molecule has 1 atom stereocenters. The van der Waals surface area contributed by atoms with E-state index in [2.05, 4.69) is 24.5 Å². The van der Waals surface area contributed by atoms with Gasteiger partial charge in [0.1, 0.15) is 5.82 Å². The highest BCUT2D eigenvalue weighted by Gasteiger charge is 2.15. The highest BCUT2D eigenvalue weighted by Crippen LogP contribution is 2.26. The minimum Gasteiger partial charge on any atom is -0.271 e. The van der Waals surface area contributed by atoms with Gasteiger partial charge in [0.05, 0.1) is 6.04 Å². The van der Waals surface area contributed by atoms with E-state index in [1.807, 2.05) is 18.2 Å². The van der Waals surface area contributed by atoms with E-state index < -0.39 is 0 Å². The van der Waals surface area contributed by atoms with Gasteiger partial charge < -0.3 is 0 Å². The number of nitrogens with one attached hydrogen (secondary N) is 1. The zero-order chi connectivity index (χ0) is 13.8. The molecule has 2 rings (SSSR count). The van der Waals surface area contributed by atoms with Crippen LogP contribution in [0.3, 0.4) is 0 Å². The topological polar surface area (TPSA) is 38.0 Å². The first-order valence-corrected chi connectivity index (χ1v) is 6.47. The van der Waals surface area contributed by atoms with Gasteiger partial charge in [0.15, 0.2) is 0 Å². The second-order valence-corrected chi connectivity index (χ2v) is 4.66. The zero-order valence-corrected chi connectivity index (χ0v) is 11.3. The summed E-state index contributed by atoms with van der Waals surface area (Å²) in [6, 6.07) is 13.2. The normalized spacial score (nSPS) is 12.4. The van der Waals surface area contributed by atoms with Gasteiger partial charge in [-0.1, -0.05) is 43.3 Å². The molecule has 3 N–H and O–H groups in total. The van der Waals surface area contributed by atoms with Crippen LogP contribution in [-0.4, -0.2) is 0 Å². The Balaban J connectivity index is 2.46. The van der Waals surface area contributed by atoms with E-state index in [0.29, 0.717) is 5.56 Å². The largest absolute Gasteiger partial charge is 0.271 e. The predicted octanol–water partition coefficient (Wildman–Crippen LogP) is 3.25. The van der Waals surface area contributed by atoms with E-state index in [4.69, 9.17) is 5.84 Å². The van der Waals surface area contributed by atoms with E-state index >= 15 is 0 Å². The summed E-state index contributed by atoms with van der Waals surface area (Å²) in [5, 5.41) is 0. The highest BCUT2D eigenvalue weighted by atomic mass is 19.1. The van der Waals surface area contributed by atoms with Crippen molar-refractivity contribution in [2.24, 2.45) is 5.84 Å². The maximum Gasteiger partial charge on any atom is 0.126 e. The lowest BCUT2D eigenvalue weighted by Crippen LogP contribution is -2.29. The fraction of sp³-hybridized carbons (Fsp3) is 0.250. The fourth-order valence-electron chi connectivity index (χ4n) is 2.35. The quantitative estimate of drug-likeness (QED) is 0.652. The zero-order valence-electron chi connectivity index (χ0n) is 11.3. The van der Waals surface area contributed by atoms with Gasteiger partial charge in [-0.05, 0) is 41.7 Å². The Kier molecular flexibility index (Phi) is 4.30. The predicted molar refractivity (Wildman–Crippen MR) is 76.1 cm³/mol. The molecule has 0 aliphatic heterocycles. The summed E-state index contributed by atoms with van der Waals surface area (Å²) in [6.45, 7) is 3.88. The number of rotatable bonds is 4. The first kappa shape index (κ1) is 13.7. The fourth-order valence-corrected chi connectivity index (χ4v) is 2.35. The van der Waals surface area contributed by atoms with Crippen LogP contribution >= 0.6 is 0 Å². The Morgan fingerprint density at radius 2 is 1.95 bits per heavy atom. The lowest BCUT2D eigenvalue weighted by Gasteiger charge is -2.20. The minimum atomic E-state index is -0.191. The van der Waals surface area contributed by atoms with Gasteiger partial charge in [-0.2, -0.15) is 0 Å². The number of hydrogen-bond donors (Lipinski definition) is 2. The Labute approximate surface area is 113 Å². The first-order valence-electron chi connectivity index (χ1n) is 6.47. The van der Waals surface area contributed by atoms with Crippen molar-refractivity contribution < 1.29 is 4.39 Å². The van der Waals surface area contributed by atoms with Crippen LogP contribution in [-0.2, 0) is 6.42 Å². The monoisotopic (exact) mass is 258 g/mol. The van der Waals surface area contributed by atoms with Crippen molar-refractivity contribution in [1.29, 1.82) is 0 Å². The summed E-state index contributed by atoms with van der Waals surface area (Å²) in [5.74, 6) is 5.51. The summed E-state index contributed by atoms with van der Waals surface area (Å²) >= 11 is 0. The van der Waals surface area contributed by atoms with Crippen molar-refractivity contribution in [3.05, 3.63) is 70.5 Å². The molecule has 0 spiro atoms. The molecule has 2 nitrogen and oxygen atoms in total. The van der Waals surface area contributed by atoms with Gasteiger partial charge in [0, 0.05) is 0 Å². The van der Waals surface area contributed by atoms with Crippen LogP contribution in [0.15, 0.2) is 42.5 Å². The molecule has 19 heavy (non-hydrogen) atoms. The van der Waals surface area contributed by atoms with Crippen molar-refractivity contribution in [3.63, 3.8) is 0 Å². The summed E-state index contributed by atoms with van der Waals surface area (Å²) in [5.41, 5.74) is 6.82.